The van der Waals surface area contributed by atoms with Crippen molar-refractivity contribution in [2.24, 2.45) is 0 Å². The largest absolute Gasteiger partial charge is 0.472 e. The van der Waals surface area contributed by atoms with Gasteiger partial charge in [0.15, 0.2) is 0 Å². The molecule has 2 aromatic rings. The van der Waals surface area contributed by atoms with Crippen molar-refractivity contribution in [2.45, 2.75) is 25.4 Å². The lowest BCUT2D eigenvalue weighted by Gasteiger charge is -2.13. The van der Waals surface area contributed by atoms with Crippen molar-refractivity contribution in [2.75, 3.05) is 0 Å². The maximum absolute atomic E-state index is 12.0. The van der Waals surface area contributed by atoms with E-state index in [1.165, 1.54) is 9.65 Å². The summed E-state index contributed by atoms with van der Waals surface area (Å²) in [5, 5.41) is 4.06. The summed E-state index contributed by atoms with van der Waals surface area (Å²) < 4.78 is 9.57. The van der Waals surface area contributed by atoms with Crippen LogP contribution in [0.25, 0.3) is 0 Å². The number of hydrogen-bond donors (Lipinski definition) is 2. The molecule has 0 saturated heterocycles. The number of aromatic nitrogens is 2. The summed E-state index contributed by atoms with van der Waals surface area (Å²) in [6.45, 7) is 0.313. The van der Waals surface area contributed by atoms with E-state index < -0.39 is 0 Å². The molecule has 1 aromatic carbocycles. The minimum atomic E-state index is -0.171. The van der Waals surface area contributed by atoms with E-state index in [0.717, 1.165) is 18.4 Å². The average Bonchev–Trinajstić information content (AvgIpc) is 3.26. The Morgan fingerprint density at radius 1 is 1.48 bits per heavy atom. The molecule has 1 aromatic heterocycles. The molecular formula is C14H14BrN3O2S. The van der Waals surface area contributed by atoms with Crippen molar-refractivity contribution in [3.8, 4) is 5.88 Å². The lowest BCUT2D eigenvalue weighted by atomic mass is 9.98. The van der Waals surface area contributed by atoms with Gasteiger partial charge in [0.25, 0.3) is 5.91 Å². The third kappa shape index (κ3) is 3.24. The molecule has 0 unspecified atom stereocenters. The van der Waals surface area contributed by atoms with Gasteiger partial charge >= 0.3 is 0 Å². The summed E-state index contributed by atoms with van der Waals surface area (Å²) in [5.74, 6) is 0.853. The number of carbonyl (C=O) groups excluding carboxylic acids is 1. The number of nitrogens with one attached hydrogen (secondary N) is 1. The molecule has 110 valence electrons. The summed E-state index contributed by atoms with van der Waals surface area (Å²) in [6, 6.07) is 7.52. The van der Waals surface area contributed by atoms with Crippen LogP contribution in [0.15, 0.2) is 30.5 Å². The topological polar surface area (TPSA) is 56.1 Å². The zero-order valence-corrected chi connectivity index (χ0v) is 13.6. The standard InChI is InChI=1S/C14H14BrN3O2S/c15-16-14(19)11-3-1-2-10(9-4-5-9)12(11)8-20-13-6-7-18(21)17-13/h1-3,6-7,9,21H,4-5,8H2,(H,16,19). The van der Waals surface area contributed by atoms with E-state index in [1.54, 1.807) is 18.3 Å². The number of amides is 1. The van der Waals surface area contributed by atoms with Crippen LogP contribution in [0.1, 0.15) is 40.2 Å². The molecule has 1 fully saturated rings. The smallest absolute Gasteiger partial charge is 0.261 e. The Morgan fingerprint density at radius 2 is 2.29 bits per heavy atom. The van der Waals surface area contributed by atoms with E-state index in [4.69, 9.17) is 4.74 Å². The van der Waals surface area contributed by atoms with E-state index in [2.05, 4.69) is 44.5 Å². The van der Waals surface area contributed by atoms with Gasteiger partial charge in [-0.1, -0.05) is 12.1 Å². The highest BCUT2D eigenvalue weighted by molar-refractivity contribution is 9.08. The predicted molar refractivity (Wildman–Crippen MR) is 85.8 cm³/mol. The monoisotopic (exact) mass is 367 g/mol. The summed E-state index contributed by atoms with van der Waals surface area (Å²) in [5.41, 5.74) is 2.74. The van der Waals surface area contributed by atoms with Crippen molar-refractivity contribution in [3.05, 3.63) is 47.2 Å². The van der Waals surface area contributed by atoms with Crippen LogP contribution in [0.3, 0.4) is 0 Å². The second kappa shape index (κ2) is 6.11. The van der Waals surface area contributed by atoms with Gasteiger partial charge in [-0.15, -0.1) is 5.10 Å². The highest BCUT2D eigenvalue weighted by Crippen LogP contribution is 2.42. The van der Waals surface area contributed by atoms with Crippen molar-refractivity contribution in [1.82, 2.24) is 13.5 Å². The van der Waals surface area contributed by atoms with Gasteiger partial charge in [-0.25, -0.2) is 4.09 Å². The fourth-order valence-corrected chi connectivity index (χ4v) is 2.70. The van der Waals surface area contributed by atoms with Gasteiger partial charge in [0.1, 0.15) is 6.61 Å². The van der Waals surface area contributed by atoms with E-state index in [9.17, 15) is 4.79 Å². The van der Waals surface area contributed by atoms with Crippen LogP contribution in [0.4, 0.5) is 0 Å². The Balaban J connectivity index is 1.88. The molecule has 1 heterocycles. The Bertz CT molecular complexity index is 670. The molecule has 1 aliphatic carbocycles. The third-order valence-corrected chi connectivity index (χ3v) is 4.06. The molecule has 0 atom stereocenters. The van der Waals surface area contributed by atoms with Crippen molar-refractivity contribution < 1.29 is 9.53 Å². The van der Waals surface area contributed by atoms with Crippen LogP contribution in [0.5, 0.6) is 5.88 Å². The normalized spacial score (nSPS) is 14.0. The fraction of sp³-hybridized carbons (Fsp3) is 0.286. The van der Waals surface area contributed by atoms with Gasteiger partial charge in [-0.3, -0.25) is 9.14 Å². The summed E-state index contributed by atoms with van der Waals surface area (Å²) in [6.07, 6.45) is 4.02. The maximum atomic E-state index is 12.0. The minimum Gasteiger partial charge on any atom is -0.472 e. The van der Waals surface area contributed by atoms with Gasteiger partial charge in [-0.2, -0.15) is 0 Å². The van der Waals surface area contributed by atoms with E-state index in [0.29, 0.717) is 24.0 Å². The molecule has 0 spiro atoms. The molecule has 1 saturated carbocycles. The lowest BCUT2D eigenvalue weighted by molar-refractivity contribution is 0.0984. The average molecular weight is 368 g/mol. The number of halogens is 1. The molecule has 0 bridgehead atoms. The van der Waals surface area contributed by atoms with Crippen LogP contribution in [0, 0.1) is 0 Å². The van der Waals surface area contributed by atoms with Gasteiger partial charge in [0, 0.05) is 39.5 Å². The highest BCUT2D eigenvalue weighted by Gasteiger charge is 2.28. The number of carbonyl (C=O) groups is 1. The maximum Gasteiger partial charge on any atom is 0.261 e. The Morgan fingerprint density at radius 3 is 2.90 bits per heavy atom. The van der Waals surface area contributed by atoms with Gasteiger partial charge in [0.05, 0.1) is 0 Å². The summed E-state index contributed by atoms with van der Waals surface area (Å²) in [7, 11) is 0. The number of ether oxygens (including phenoxy) is 1. The third-order valence-electron chi connectivity index (χ3n) is 3.48. The van der Waals surface area contributed by atoms with Gasteiger partial charge in [0.2, 0.25) is 5.88 Å². The second-order valence-corrected chi connectivity index (χ2v) is 5.74. The molecule has 0 aliphatic heterocycles. The second-order valence-electron chi connectivity index (χ2n) is 4.93. The molecule has 21 heavy (non-hydrogen) atoms. The lowest BCUT2D eigenvalue weighted by Crippen LogP contribution is -2.16. The molecule has 1 aliphatic rings. The number of nitrogens with zero attached hydrogens (tertiary/aromatic N) is 2. The van der Waals surface area contributed by atoms with E-state index in [-0.39, 0.29) is 5.91 Å². The first-order chi connectivity index (χ1) is 10.2. The van der Waals surface area contributed by atoms with Crippen LogP contribution in [0.2, 0.25) is 0 Å². The van der Waals surface area contributed by atoms with Crippen LogP contribution in [-0.2, 0) is 6.61 Å². The number of benzene rings is 1. The van der Waals surface area contributed by atoms with Gasteiger partial charge < -0.3 is 4.74 Å². The van der Waals surface area contributed by atoms with Crippen LogP contribution >= 0.6 is 29.0 Å². The van der Waals surface area contributed by atoms with Crippen molar-refractivity contribution in [3.63, 3.8) is 0 Å². The Kier molecular flexibility index (Phi) is 4.21. The zero-order chi connectivity index (χ0) is 14.8. The quantitative estimate of drug-likeness (QED) is 0.630. The van der Waals surface area contributed by atoms with E-state index in [1.807, 2.05) is 6.07 Å². The zero-order valence-electron chi connectivity index (χ0n) is 11.1. The molecule has 0 radical (unpaired) electrons. The molecule has 5 nitrogen and oxygen atoms in total. The Hall–Kier alpha value is -1.47. The fourth-order valence-electron chi connectivity index (χ4n) is 2.33. The first-order valence-electron chi connectivity index (χ1n) is 6.59. The molecule has 1 N–H and O–H groups in total. The molecule has 3 rings (SSSR count). The SMILES string of the molecule is O=C(NBr)c1cccc(C2CC2)c1COc1ccn(S)n1. The van der Waals surface area contributed by atoms with Gasteiger partial charge in [-0.05, 0) is 43.2 Å². The van der Waals surface area contributed by atoms with Crippen molar-refractivity contribution in [1.29, 1.82) is 0 Å². The highest BCUT2D eigenvalue weighted by atomic mass is 79.9. The van der Waals surface area contributed by atoms with Crippen LogP contribution < -0.4 is 9.08 Å². The first kappa shape index (κ1) is 14.5. The minimum absolute atomic E-state index is 0.171. The Labute approximate surface area is 136 Å². The summed E-state index contributed by atoms with van der Waals surface area (Å²) in [4.78, 5) is 12.0. The number of hydrogen-bond acceptors (Lipinski definition) is 4. The number of rotatable bonds is 5. The van der Waals surface area contributed by atoms with Crippen molar-refractivity contribution >= 4 is 34.9 Å². The van der Waals surface area contributed by atoms with E-state index >= 15 is 0 Å². The molecule has 7 heteroatoms. The number of thiol groups is 1. The van der Waals surface area contributed by atoms with Crippen LogP contribution in [-0.4, -0.2) is 15.1 Å². The molecule has 1 amide bonds. The predicted octanol–water partition coefficient (Wildman–Crippen LogP) is 3.07. The summed E-state index contributed by atoms with van der Waals surface area (Å²) >= 11 is 7.07. The molecular weight excluding hydrogens is 354 g/mol. The first-order valence-corrected chi connectivity index (χ1v) is 7.79.